The average Bonchev–Trinajstić information content (AvgIpc) is 2.89. The summed E-state index contributed by atoms with van der Waals surface area (Å²) < 4.78 is 40.8. The van der Waals surface area contributed by atoms with Gasteiger partial charge in [0, 0.05) is 37.9 Å². The third-order valence-corrected chi connectivity index (χ3v) is 4.81. The maximum atomic E-state index is 13.0. The van der Waals surface area contributed by atoms with Crippen LogP contribution in [0.1, 0.15) is 37.4 Å². The predicted octanol–water partition coefficient (Wildman–Crippen LogP) is 2.89. The normalized spacial score (nSPS) is 27.2. The van der Waals surface area contributed by atoms with E-state index in [1.807, 2.05) is 17.7 Å². The van der Waals surface area contributed by atoms with Gasteiger partial charge in [-0.1, -0.05) is 6.42 Å². The zero-order valence-electron chi connectivity index (χ0n) is 12.9. The molecule has 0 bridgehead atoms. The predicted molar refractivity (Wildman–Crippen MR) is 79.1 cm³/mol. The second-order valence-electron chi connectivity index (χ2n) is 6.38. The first kappa shape index (κ1) is 15.6. The van der Waals surface area contributed by atoms with Gasteiger partial charge in [0.2, 0.25) is 0 Å². The number of piperazine rings is 1. The van der Waals surface area contributed by atoms with Crippen molar-refractivity contribution in [1.29, 1.82) is 0 Å². The number of aryl methyl sites for hydroxylation is 1. The van der Waals surface area contributed by atoms with Gasteiger partial charge in [-0.05, 0) is 26.2 Å². The summed E-state index contributed by atoms with van der Waals surface area (Å²) in [7, 11) is 0. The average molecular weight is 316 g/mol. The topological polar surface area (TPSA) is 33.1 Å². The van der Waals surface area contributed by atoms with Gasteiger partial charge in [0.15, 0.2) is 5.82 Å². The summed E-state index contributed by atoms with van der Waals surface area (Å²) in [6.45, 7) is 5.57. The quantitative estimate of drug-likeness (QED) is 0.911. The van der Waals surface area contributed by atoms with Crippen LogP contribution in [0.2, 0.25) is 0 Å². The molecule has 1 aromatic heterocycles. The SMILES string of the molecule is Cc1cc(N2CCNCC2)nn1C1CCCC(C(F)(F)F)C1. The number of nitrogens with one attached hydrogen (secondary N) is 1. The van der Waals surface area contributed by atoms with Gasteiger partial charge in [-0.2, -0.15) is 18.3 Å². The van der Waals surface area contributed by atoms with Crippen molar-refractivity contribution in [3.05, 3.63) is 11.8 Å². The molecule has 0 spiro atoms. The lowest BCUT2D eigenvalue weighted by molar-refractivity contribution is -0.185. The van der Waals surface area contributed by atoms with Crippen molar-refractivity contribution in [3.63, 3.8) is 0 Å². The molecule has 1 saturated heterocycles. The Kier molecular flexibility index (Phi) is 4.34. The highest BCUT2D eigenvalue weighted by atomic mass is 19.4. The zero-order chi connectivity index (χ0) is 15.7. The molecular formula is C15H23F3N4. The van der Waals surface area contributed by atoms with E-state index in [0.717, 1.165) is 44.1 Å². The molecule has 0 aromatic carbocycles. The van der Waals surface area contributed by atoms with Gasteiger partial charge in [-0.25, -0.2) is 0 Å². The Morgan fingerprint density at radius 2 is 1.95 bits per heavy atom. The summed E-state index contributed by atoms with van der Waals surface area (Å²) in [5.74, 6) is -0.286. The lowest BCUT2D eigenvalue weighted by Crippen LogP contribution is -2.43. The number of halogens is 3. The van der Waals surface area contributed by atoms with Gasteiger partial charge in [0.05, 0.1) is 12.0 Å². The van der Waals surface area contributed by atoms with Gasteiger partial charge in [0.25, 0.3) is 0 Å². The second kappa shape index (κ2) is 6.10. The highest BCUT2D eigenvalue weighted by Crippen LogP contribution is 2.42. The Morgan fingerprint density at radius 3 is 2.64 bits per heavy atom. The molecule has 1 aliphatic carbocycles. The summed E-state index contributed by atoms with van der Waals surface area (Å²) in [6.07, 6.45) is -2.26. The van der Waals surface area contributed by atoms with Crippen molar-refractivity contribution in [2.75, 3.05) is 31.1 Å². The van der Waals surface area contributed by atoms with E-state index in [1.54, 1.807) is 0 Å². The first-order valence-electron chi connectivity index (χ1n) is 8.03. The third-order valence-electron chi connectivity index (χ3n) is 4.81. The van der Waals surface area contributed by atoms with Gasteiger partial charge in [-0.3, -0.25) is 4.68 Å². The molecule has 0 amide bonds. The van der Waals surface area contributed by atoms with E-state index in [-0.39, 0.29) is 18.9 Å². The molecule has 2 atom stereocenters. The fourth-order valence-corrected chi connectivity index (χ4v) is 3.57. The highest BCUT2D eigenvalue weighted by molar-refractivity contribution is 5.40. The van der Waals surface area contributed by atoms with E-state index in [9.17, 15) is 13.2 Å². The molecule has 3 rings (SSSR count). The molecule has 22 heavy (non-hydrogen) atoms. The molecule has 2 unspecified atom stereocenters. The third kappa shape index (κ3) is 3.24. The molecule has 1 aliphatic heterocycles. The fraction of sp³-hybridized carbons (Fsp3) is 0.800. The number of aromatic nitrogens is 2. The summed E-state index contributed by atoms with van der Waals surface area (Å²) in [5.41, 5.74) is 0.960. The van der Waals surface area contributed by atoms with Crippen LogP contribution in [0.4, 0.5) is 19.0 Å². The van der Waals surface area contributed by atoms with Crippen molar-refractivity contribution in [1.82, 2.24) is 15.1 Å². The Morgan fingerprint density at radius 1 is 1.23 bits per heavy atom. The molecule has 2 fully saturated rings. The molecule has 1 saturated carbocycles. The van der Waals surface area contributed by atoms with Crippen LogP contribution >= 0.6 is 0 Å². The van der Waals surface area contributed by atoms with Crippen LogP contribution < -0.4 is 10.2 Å². The molecule has 1 N–H and O–H groups in total. The van der Waals surface area contributed by atoms with Crippen LogP contribution in [0, 0.1) is 12.8 Å². The molecular weight excluding hydrogens is 293 g/mol. The zero-order valence-corrected chi connectivity index (χ0v) is 12.9. The minimum absolute atomic E-state index is 0.128. The van der Waals surface area contributed by atoms with Gasteiger partial charge in [0.1, 0.15) is 0 Å². The number of hydrogen-bond donors (Lipinski definition) is 1. The van der Waals surface area contributed by atoms with E-state index in [0.29, 0.717) is 6.42 Å². The van der Waals surface area contributed by atoms with Crippen molar-refractivity contribution in [2.45, 2.75) is 44.8 Å². The maximum Gasteiger partial charge on any atom is 0.391 e. The van der Waals surface area contributed by atoms with E-state index >= 15 is 0 Å². The van der Waals surface area contributed by atoms with E-state index in [1.165, 1.54) is 0 Å². The number of anilines is 1. The van der Waals surface area contributed by atoms with Gasteiger partial charge in [-0.15, -0.1) is 0 Å². The Bertz CT molecular complexity index is 505. The molecule has 7 heteroatoms. The molecule has 2 heterocycles. The molecule has 0 radical (unpaired) electrons. The van der Waals surface area contributed by atoms with E-state index in [4.69, 9.17) is 0 Å². The van der Waals surface area contributed by atoms with Crippen LogP contribution in [0.3, 0.4) is 0 Å². The number of rotatable bonds is 2. The first-order valence-corrected chi connectivity index (χ1v) is 8.03. The molecule has 2 aliphatic rings. The lowest BCUT2D eigenvalue weighted by atomic mass is 9.85. The van der Waals surface area contributed by atoms with E-state index in [2.05, 4.69) is 15.3 Å². The smallest absolute Gasteiger partial charge is 0.353 e. The van der Waals surface area contributed by atoms with Gasteiger partial charge >= 0.3 is 6.18 Å². The standard InChI is InChI=1S/C15H23F3N4/c1-11-9-14(21-7-5-19-6-8-21)20-22(11)13-4-2-3-12(10-13)15(16,17)18/h9,12-13,19H,2-8,10H2,1H3. The molecule has 4 nitrogen and oxygen atoms in total. The van der Waals surface area contributed by atoms with Crippen LogP contribution in [0.15, 0.2) is 6.07 Å². The Balaban J connectivity index is 1.75. The largest absolute Gasteiger partial charge is 0.391 e. The Labute approximate surface area is 128 Å². The monoisotopic (exact) mass is 316 g/mol. The van der Waals surface area contributed by atoms with Crippen molar-refractivity contribution in [3.8, 4) is 0 Å². The molecule has 1 aromatic rings. The lowest BCUT2D eigenvalue weighted by Gasteiger charge is -2.31. The minimum Gasteiger partial charge on any atom is -0.353 e. The maximum absolute atomic E-state index is 13.0. The summed E-state index contributed by atoms with van der Waals surface area (Å²) in [4.78, 5) is 2.20. The van der Waals surface area contributed by atoms with Gasteiger partial charge < -0.3 is 10.2 Å². The van der Waals surface area contributed by atoms with Crippen molar-refractivity contribution >= 4 is 5.82 Å². The fourth-order valence-electron chi connectivity index (χ4n) is 3.57. The minimum atomic E-state index is -4.08. The van der Waals surface area contributed by atoms with Crippen LogP contribution in [0.5, 0.6) is 0 Å². The number of alkyl halides is 3. The number of hydrogen-bond acceptors (Lipinski definition) is 3. The van der Waals surface area contributed by atoms with E-state index < -0.39 is 12.1 Å². The summed E-state index contributed by atoms with van der Waals surface area (Å²) in [6, 6.07) is 1.87. The summed E-state index contributed by atoms with van der Waals surface area (Å²) in [5, 5.41) is 7.91. The number of nitrogens with zero attached hydrogens (tertiary/aromatic N) is 3. The Hall–Kier alpha value is -1.24. The summed E-state index contributed by atoms with van der Waals surface area (Å²) >= 11 is 0. The van der Waals surface area contributed by atoms with Crippen LogP contribution in [-0.4, -0.2) is 42.1 Å². The van der Waals surface area contributed by atoms with Crippen molar-refractivity contribution in [2.24, 2.45) is 5.92 Å². The second-order valence-corrected chi connectivity index (χ2v) is 6.38. The van der Waals surface area contributed by atoms with Crippen molar-refractivity contribution < 1.29 is 13.2 Å². The highest BCUT2D eigenvalue weighted by Gasteiger charge is 2.42. The van der Waals surface area contributed by atoms with Crippen LogP contribution in [-0.2, 0) is 0 Å². The first-order chi connectivity index (χ1) is 10.4. The van der Waals surface area contributed by atoms with Crippen LogP contribution in [0.25, 0.3) is 0 Å². The molecule has 124 valence electrons.